The van der Waals surface area contributed by atoms with Crippen molar-refractivity contribution in [2.45, 2.75) is 37.6 Å². The van der Waals surface area contributed by atoms with Gasteiger partial charge >= 0.3 is 0 Å². The molecule has 1 aliphatic carbocycles. The summed E-state index contributed by atoms with van der Waals surface area (Å²) in [5.74, 6) is 0.503. The van der Waals surface area contributed by atoms with Crippen LogP contribution >= 0.6 is 0 Å². The van der Waals surface area contributed by atoms with Crippen LogP contribution in [0.2, 0.25) is 0 Å². The number of carbonyl (C=O) groups is 1. The Hall–Kier alpha value is -1.36. The smallest absolute Gasteiger partial charge is 0.259 e. The molecule has 2 heterocycles. The van der Waals surface area contributed by atoms with Gasteiger partial charge in [0.05, 0.1) is 5.69 Å². The van der Waals surface area contributed by atoms with Gasteiger partial charge in [0.15, 0.2) is 0 Å². The number of carbonyl (C=O) groups excluding carboxylic acids is 1. The summed E-state index contributed by atoms with van der Waals surface area (Å²) in [5.41, 5.74) is 1.53. The fourth-order valence-corrected chi connectivity index (χ4v) is 2.87. The molecule has 1 amide bonds. The number of rotatable bonds is 3. The number of hydrogen-bond acceptors (Lipinski definition) is 4. The Bertz CT molecular complexity index is 467. The molecule has 3 rings (SSSR count). The Labute approximate surface area is 113 Å². The second kappa shape index (κ2) is 4.96. The van der Waals surface area contributed by atoms with E-state index in [1.807, 2.05) is 11.9 Å². The van der Waals surface area contributed by atoms with Crippen molar-refractivity contribution in [2.75, 3.05) is 27.2 Å². The Morgan fingerprint density at radius 3 is 2.95 bits per heavy atom. The fourth-order valence-electron chi connectivity index (χ4n) is 2.87. The van der Waals surface area contributed by atoms with Crippen molar-refractivity contribution in [3.05, 3.63) is 17.5 Å². The van der Waals surface area contributed by atoms with E-state index >= 15 is 0 Å². The summed E-state index contributed by atoms with van der Waals surface area (Å²) in [5, 5.41) is 4.01. The van der Waals surface area contributed by atoms with E-state index in [4.69, 9.17) is 4.52 Å². The van der Waals surface area contributed by atoms with Gasteiger partial charge in [0, 0.05) is 25.6 Å². The molecule has 2 aliphatic rings. The van der Waals surface area contributed by atoms with Crippen LogP contribution in [-0.4, -0.2) is 54.1 Å². The number of likely N-dealkylation sites (tertiary alicyclic amines) is 1. The molecule has 0 radical (unpaired) electrons. The number of amides is 1. The summed E-state index contributed by atoms with van der Waals surface area (Å²) in [6.45, 7) is 2.07. The van der Waals surface area contributed by atoms with E-state index in [9.17, 15) is 4.79 Å². The zero-order valence-electron chi connectivity index (χ0n) is 11.6. The highest BCUT2D eigenvalue weighted by Crippen LogP contribution is 2.41. The summed E-state index contributed by atoms with van der Waals surface area (Å²) in [4.78, 5) is 16.7. The van der Waals surface area contributed by atoms with Crippen LogP contribution in [0.3, 0.4) is 0 Å². The maximum Gasteiger partial charge on any atom is 0.259 e. The summed E-state index contributed by atoms with van der Waals surface area (Å²) in [6.07, 6.45) is 6.00. The fraction of sp³-hybridized carbons (Fsp3) is 0.714. The molecule has 1 saturated carbocycles. The minimum atomic E-state index is 0.0588. The molecule has 5 heteroatoms. The Balaban J connectivity index is 1.73. The van der Waals surface area contributed by atoms with Crippen molar-refractivity contribution >= 4 is 5.91 Å². The van der Waals surface area contributed by atoms with Crippen molar-refractivity contribution in [1.82, 2.24) is 15.0 Å². The van der Waals surface area contributed by atoms with Gasteiger partial charge in [-0.3, -0.25) is 4.79 Å². The predicted octanol–water partition coefficient (Wildman–Crippen LogP) is 1.72. The average Bonchev–Trinajstić information content (AvgIpc) is 3.14. The zero-order chi connectivity index (χ0) is 13.4. The molecule has 1 aliphatic heterocycles. The van der Waals surface area contributed by atoms with E-state index in [1.54, 1.807) is 0 Å². The predicted molar refractivity (Wildman–Crippen MR) is 71.1 cm³/mol. The lowest BCUT2D eigenvalue weighted by molar-refractivity contribution is 0.0642. The van der Waals surface area contributed by atoms with Crippen molar-refractivity contribution in [3.8, 4) is 0 Å². The number of hydrogen-bond donors (Lipinski definition) is 0. The molecule has 0 N–H and O–H groups in total. The lowest BCUT2D eigenvalue weighted by atomic mass is 10.0. The lowest BCUT2D eigenvalue weighted by Gasteiger charge is -2.35. The van der Waals surface area contributed by atoms with Gasteiger partial charge in [-0.2, -0.15) is 0 Å². The molecule has 0 unspecified atom stereocenters. The molecule has 104 valence electrons. The van der Waals surface area contributed by atoms with Gasteiger partial charge in [0.25, 0.3) is 5.91 Å². The first-order chi connectivity index (χ1) is 9.16. The molecule has 5 nitrogen and oxygen atoms in total. The molecule has 1 atom stereocenters. The van der Waals surface area contributed by atoms with E-state index < -0.39 is 0 Å². The first-order valence-electron chi connectivity index (χ1n) is 7.07. The van der Waals surface area contributed by atoms with E-state index in [-0.39, 0.29) is 5.91 Å². The number of aromatic nitrogens is 1. The lowest BCUT2D eigenvalue weighted by Crippen LogP contribution is -2.47. The Kier molecular flexibility index (Phi) is 3.31. The number of likely N-dealkylation sites (N-methyl/N-ethyl adjacent to an activating group) is 2. The Morgan fingerprint density at radius 1 is 1.47 bits per heavy atom. The van der Waals surface area contributed by atoms with Gasteiger partial charge in [-0.15, -0.1) is 0 Å². The molecule has 19 heavy (non-hydrogen) atoms. The molecule has 2 fully saturated rings. The van der Waals surface area contributed by atoms with Crippen LogP contribution in [0.4, 0.5) is 0 Å². The second-order valence-corrected chi connectivity index (χ2v) is 5.86. The van der Waals surface area contributed by atoms with Crippen LogP contribution in [0, 0.1) is 0 Å². The van der Waals surface area contributed by atoms with Crippen LogP contribution in [0.25, 0.3) is 0 Å². The van der Waals surface area contributed by atoms with Crippen molar-refractivity contribution in [3.63, 3.8) is 0 Å². The molecule has 0 spiro atoms. The highest BCUT2D eigenvalue weighted by molar-refractivity contribution is 5.95. The van der Waals surface area contributed by atoms with Crippen molar-refractivity contribution < 1.29 is 9.32 Å². The molecule has 0 aromatic carbocycles. The molecule has 1 aromatic heterocycles. The number of piperidine rings is 1. The van der Waals surface area contributed by atoms with E-state index in [0.29, 0.717) is 17.5 Å². The van der Waals surface area contributed by atoms with Crippen molar-refractivity contribution in [2.24, 2.45) is 0 Å². The van der Waals surface area contributed by atoms with E-state index in [0.717, 1.165) is 44.5 Å². The summed E-state index contributed by atoms with van der Waals surface area (Å²) >= 11 is 0. The quantitative estimate of drug-likeness (QED) is 0.833. The topological polar surface area (TPSA) is 49.6 Å². The van der Waals surface area contributed by atoms with Crippen molar-refractivity contribution in [1.29, 1.82) is 0 Å². The van der Waals surface area contributed by atoms with Gasteiger partial charge in [-0.1, -0.05) is 5.16 Å². The highest BCUT2D eigenvalue weighted by Gasteiger charge is 2.34. The minimum Gasteiger partial charge on any atom is -0.364 e. The third-order valence-electron chi connectivity index (χ3n) is 4.26. The molecule has 1 aromatic rings. The van der Waals surface area contributed by atoms with Crippen LogP contribution < -0.4 is 0 Å². The average molecular weight is 263 g/mol. The van der Waals surface area contributed by atoms with E-state index in [1.165, 1.54) is 6.26 Å². The second-order valence-electron chi connectivity index (χ2n) is 5.86. The van der Waals surface area contributed by atoms with E-state index in [2.05, 4.69) is 17.1 Å². The molecular weight excluding hydrogens is 242 g/mol. The summed E-state index contributed by atoms with van der Waals surface area (Å²) in [6, 6.07) is 0.299. The standard InChI is InChI=1S/C14H21N3O2/c1-16-7-3-4-11(8-16)17(2)14(18)12-9-19-15-13(12)10-5-6-10/h9-11H,3-8H2,1-2H3/t11-/m1/s1. The third-order valence-corrected chi connectivity index (χ3v) is 4.26. The largest absolute Gasteiger partial charge is 0.364 e. The monoisotopic (exact) mass is 263 g/mol. The summed E-state index contributed by atoms with van der Waals surface area (Å²) < 4.78 is 5.02. The molecule has 0 bridgehead atoms. The van der Waals surface area contributed by atoms with Crippen LogP contribution in [0.1, 0.15) is 47.7 Å². The first kappa shape index (κ1) is 12.7. The minimum absolute atomic E-state index is 0.0588. The molecule has 1 saturated heterocycles. The first-order valence-corrected chi connectivity index (χ1v) is 7.07. The SMILES string of the molecule is CN1CCC[C@@H](N(C)C(=O)c2conc2C2CC2)C1. The van der Waals surface area contributed by atoms with Crippen LogP contribution in [0.5, 0.6) is 0 Å². The summed E-state index contributed by atoms with van der Waals surface area (Å²) in [7, 11) is 4.01. The maximum atomic E-state index is 12.6. The third kappa shape index (κ3) is 2.52. The Morgan fingerprint density at radius 2 is 2.26 bits per heavy atom. The van der Waals surface area contributed by atoms with Gasteiger partial charge in [0.1, 0.15) is 11.8 Å². The van der Waals surface area contributed by atoms with Gasteiger partial charge < -0.3 is 14.3 Å². The highest BCUT2D eigenvalue weighted by atomic mass is 16.5. The maximum absolute atomic E-state index is 12.6. The zero-order valence-corrected chi connectivity index (χ0v) is 11.6. The van der Waals surface area contributed by atoms with Crippen LogP contribution in [-0.2, 0) is 0 Å². The van der Waals surface area contributed by atoms with Gasteiger partial charge in [0.2, 0.25) is 0 Å². The molecular formula is C14H21N3O2. The van der Waals surface area contributed by atoms with Gasteiger partial charge in [-0.25, -0.2) is 0 Å². The van der Waals surface area contributed by atoms with Crippen LogP contribution in [0.15, 0.2) is 10.8 Å². The normalized spacial score (nSPS) is 24.4. The number of nitrogens with zero attached hydrogens (tertiary/aromatic N) is 3. The van der Waals surface area contributed by atoms with Gasteiger partial charge in [-0.05, 0) is 39.3 Å².